The number of aryl methyl sites for hydroxylation is 2. The van der Waals surface area contributed by atoms with Crippen LogP contribution in [0.15, 0.2) is 35.4 Å². The first-order valence-electron chi connectivity index (χ1n) is 6.58. The number of ether oxygens (including phenoxy) is 1. The van der Waals surface area contributed by atoms with E-state index in [-0.39, 0.29) is 5.75 Å². The summed E-state index contributed by atoms with van der Waals surface area (Å²) in [4.78, 5) is 8.69. The van der Waals surface area contributed by atoms with Crippen LogP contribution in [0.3, 0.4) is 0 Å². The molecule has 0 aliphatic rings. The lowest BCUT2D eigenvalue weighted by Gasteiger charge is -2.07. The highest BCUT2D eigenvalue weighted by Gasteiger charge is 2.06. The fraction of sp³-hybridized carbons (Fsp3) is 0.333. The van der Waals surface area contributed by atoms with Crippen LogP contribution in [0.4, 0.5) is 8.78 Å². The van der Waals surface area contributed by atoms with E-state index in [1.54, 1.807) is 23.9 Å². The van der Waals surface area contributed by atoms with Crippen molar-refractivity contribution in [2.45, 2.75) is 37.7 Å². The Labute approximate surface area is 126 Å². The molecule has 112 valence electrons. The highest BCUT2D eigenvalue weighted by Crippen LogP contribution is 2.24. The molecule has 0 saturated heterocycles. The van der Waals surface area contributed by atoms with Crippen molar-refractivity contribution in [1.29, 1.82) is 0 Å². The van der Waals surface area contributed by atoms with Crippen molar-refractivity contribution in [1.82, 2.24) is 9.97 Å². The fourth-order valence-corrected chi connectivity index (χ4v) is 2.73. The monoisotopic (exact) mass is 310 g/mol. The van der Waals surface area contributed by atoms with E-state index in [2.05, 4.69) is 14.7 Å². The van der Waals surface area contributed by atoms with Crippen LogP contribution in [0.25, 0.3) is 0 Å². The average Bonchev–Trinajstić information content (AvgIpc) is 2.44. The second-order valence-electron chi connectivity index (χ2n) is 4.41. The Morgan fingerprint density at radius 3 is 2.76 bits per heavy atom. The second-order valence-corrected chi connectivity index (χ2v) is 5.41. The lowest BCUT2D eigenvalue weighted by molar-refractivity contribution is -0.0498. The lowest BCUT2D eigenvalue weighted by Crippen LogP contribution is -2.02. The van der Waals surface area contributed by atoms with E-state index in [0.717, 1.165) is 28.5 Å². The Kier molecular flexibility index (Phi) is 5.50. The van der Waals surface area contributed by atoms with Gasteiger partial charge in [-0.05, 0) is 37.1 Å². The molecule has 6 heteroatoms. The third-order valence-corrected chi connectivity index (χ3v) is 3.72. The molecule has 0 saturated carbocycles. The van der Waals surface area contributed by atoms with Crippen molar-refractivity contribution in [3.05, 3.63) is 47.4 Å². The van der Waals surface area contributed by atoms with E-state index in [4.69, 9.17) is 0 Å². The molecule has 0 radical (unpaired) electrons. The predicted octanol–water partition coefficient (Wildman–Crippen LogP) is 4.24. The van der Waals surface area contributed by atoms with Crippen LogP contribution in [-0.4, -0.2) is 16.6 Å². The normalized spacial score (nSPS) is 10.9. The van der Waals surface area contributed by atoms with Crippen molar-refractivity contribution < 1.29 is 13.5 Å². The minimum Gasteiger partial charge on any atom is -0.435 e. The van der Waals surface area contributed by atoms with Gasteiger partial charge in [-0.1, -0.05) is 19.1 Å². The summed E-state index contributed by atoms with van der Waals surface area (Å²) in [6.07, 6.45) is 0.856. The minimum absolute atomic E-state index is 0.177. The molecule has 0 unspecified atom stereocenters. The zero-order valence-corrected chi connectivity index (χ0v) is 12.7. The number of halogens is 2. The van der Waals surface area contributed by atoms with Crippen molar-refractivity contribution in [2.75, 3.05) is 0 Å². The summed E-state index contributed by atoms with van der Waals surface area (Å²) in [6, 6.07) is 8.67. The zero-order chi connectivity index (χ0) is 15.2. The van der Waals surface area contributed by atoms with E-state index >= 15 is 0 Å². The number of hydrogen-bond donors (Lipinski definition) is 0. The van der Waals surface area contributed by atoms with E-state index in [0.29, 0.717) is 5.75 Å². The molecule has 0 spiro atoms. The highest BCUT2D eigenvalue weighted by molar-refractivity contribution is 7.98. The number of aromatic nitrogens is 2. The quantitative estimate of drug-likeness (QED) is 0.590. The maximum absolute atomic E-state index is 12.2. The molecule has 0 aliphatic heterocycles. The van der Waals surface area contributed by atoms with Gasteiger partial charge in [-0.25, -0.2) is 9.97 Å². The van der Waals surface area contributed by atoms with Crippen molar-refractivity contribution in [3.8, 4) is 5.75 Å². The summed E-state index contributed by atoms with van der Waals surface area (Å²) in [5, 5.41) is 0.888. The van der Waals surface area contributed by atoms with Gasteiger partial charge in [-0.15, -0.1) is 11.8 Å². The molecule has 1 aromatic carbocycles. The van der Waals surface area contributed by atoms with Crippen molar-refractivity contribution >= 4 is 11.8 Å². The Balaban J connectivity index is 2.04. The first kappa shape index (κ1) is 15.7. The summed E-state index contributed by atoms with van der Waals surface area (Å²) >= 11 is 1.55. The molecular formula is C15H16F2N2OS. The molecule has 0 amide bonds. The van der Waals surface area contributed by atoms with E-state index in [9.17, 15) is 8.78 Å². The van der Waals surface area contributed by atoms with Gasteiger partial charge in [0.2, 0.25) is 0 Å². The van der Waals surface area contributed by atoms with Crippen LogP contribution in [0, 0.1) is 6.92 Å². The standard InChI is InChI=1S/C15H16F2N2OS/c1-3-12-8-14(19-10(2)18-12)21-9-11-5-4-6-13(7-11)20-15(16)17/h4-8,15H,3,9H2,1-2H3. The molecule has 0 N–H and O–H groups in total. The highest BCUT2D eigenvalue weighted by atomic mass is 32.2. The Morgan fingerprint density at radius 2 is 2.05 bits per heavy atom. The number of hydrogen-bond acceptors (Lipinski definition) is 4. The summed E-state index contributed by atoms with van der Waals surface area (Å²) in [5.74, 6) is 1.56. The minimum atomic E-state index is -2.80. The first-order chi connectivity index (χ1) is 10.1. The molecule has 3 nitrogen and oxygen atoms in total. The van der Waals surface area contributed by atoms with Gasteiger partial charge < -0.3 is 4.74 Å². The number of benzene rings is 1. The first-order valence-corrected chi connectivity index (χ1v) is 7.56. The summed E-state index contributed by atoms with van der Waals surface area (Å²) in [7, 11) is 0. The lowest BCUT2D eigenvalue weighted by atomic mass is 10.2. The fourth-order valence-electron chi connectivity index (χ4n) is 1.82. The molecule has 0 bridgehead atoms. The number of thioether (sulfide) groups is 1. The topological polar surface area (TPSA) is 35.0 Å². The van der Waals surface area contributed by atoms with Crippen LogP contribution in [0.2, 0.25) is 0 Å². The van der Waals surface area contributed by atoms with Crippen LogP contribution < -0.4 is 4.74 Å². The van der Waals surface area contributed by atoms with E-state index in [1.807, 2.05) is 26.0 Å². The Hall–Kier alpha value is -1.69. The molecule has 2 rings (SSSR count). The zero-order valence-electron chi connectivity index (χ0n) is 11.8. The molecule has 1 aromatic heterocycles. The molecule has 21 heavy (non-hydrogen) atoms. The Morgan fingerprint density at radius 1 is 1.24 bits per heavy atom. The van der Waals surface area contributed by atoms with Gasteiger partial charge in [0.15, 0.2) is 0 Å². The van der Waals surface area contributed by atoms with Crippen molar-refractivity contribution in [2.24, 2.45) is 0 Å². The van der Waals surface area contributed by atoms with Gasteiger partial charge in [-0.2, -0.15) is 8.78 Å². The van der Waals surface area contributed by atoms with Gasteiger partial charge in [0.25, 0.3) is 0 Å². The van der Waals surface area contributed by atoms with Crippen LogP contribution in [-0.2, 0) is 12.2 Å². The number of nitrogens with zero attached hydrogens (tertiary/aromatic N) is 2. The summed E-state index contributed by atoms with van der Waals surface area (Å²) in [5.41, 5.74) is 1.91. The summed E-state index contributed by atoms with van der Waals surface area (Å²) in [6.45, 7) is 1.10. The SMILES string of the molecule is CCc1cc(SCc2cccc(OC(F)F)c2)nc(C)n1. The van der Waals surface area contributed by atoms with Gasteiger partial charge in [-0.3, -0.25) is 0 Å². The van der Waals surface area contributed by atoms with Crippen LogP contribution >= 0.6 is 11.8 Å². The predicted molar refractivity (Wildman–Crippen MR) is 78.8 cm³/mol. The smallest absolute Gasteiger partial charge is 0.387 e. The van der Waals surface area contributed by atoms with Crippen molar-refractivity contribution in [3.63, 3.8) is 0 Å². The number of alkyl halides is 2. The largest absolute Gasteiger partial charge is 0.435 e. The van der Waals surface area contributed by atoms with Gasteiger partial charge in [0.05, 0.1) is 0 Å². The Bertz CT molecular complexity index is 608. The third kappa shape index (κ3) is 4.97. The molecule has 2 aromatic rings. The van der Waals surface area contributed by atoms with E-state index in [1.165, 1.54) is 6.07 Å². The average molecular weight is 310 g/mol. The second kappa shape index (κ2) is 7.36. The molecule has 0 atom stereocenters. The van der Waals surface area contributed by atoms with Gasteiger partial charge >= 0.3 is 6.61 Å². The molecular weight excluding hydrogens is 294 g/mol. The van der Waals surface area contributed by atoms with Gasteiger partial charge in [0.1, 0.15) is 16.6 Å². The van der Waals surface area contributed by atoms with Crippen LogP contribution in [0.5, 0.6) is 5.75 Å². The maximum atomic E-state index is 12.2. The maximum Gasteiger partial charge on any atom is 0.387 e. The van der Waals surface area contributed by atoms with Crippen LogP contribution in [0.1, 0.15) is 24.0 Å². The van der Waals surface area contributed by atoms with E-state index < -0.39 is 6.61 Å². The molecule has 0 aliphatic carbocycles. The third-order valence-electron chi connectivity index (χ3n) is 2.74. The molecule has 0 fully saturated rings. The summed E-state index contributed by atoms with van der Waals surface area (Å²) < 4.78 is 28.8. The van der Waals surface area contributed by atoms with Gasteiger partial charge in [0, 0.05) is 11.4 Å². The number of rotatable bonds is 6. The molecule has 1 heterocycles.